The summed E-state index contributed by atoms with van der Waals surface area (Å²) in [6.07, 6.45) is 1.67. The fourth-order valence-electron chi connectivity index (χ4n) is 3.94. The summed E-state index contributed by atoms with van der Waals surface area (Å²) in [7, 11) is 0. The summed E-state index contributed by atoms with van der Waals surface area (Å²) < 4.78 is 16.8. The lowest BCUT2D eigenvalue weighted by Gasteiger charge is -2.21. The Morgan fingerprint density at radius 1 is 0.914 bits per heavy atom. The molecule has 0 aliphatic carbocycles. The first-order valence-electron chi connectivity index (χ1n) is 11.3. The molecule has 1 atom stereocenters. The molecule has 1 saturated heterocycles. The number of imide groups is 1. The molecule has 8 nitrogen and oxygen atoms in total. The zero-order valence-corrected chi connectivity index (χ0v) is 21.3. The summed E-state index contributed by atoms with van der Waals surface area (Å²) in [5.74, 6) is 0.598. The Balaban J connectivity index is 1.64. The Bertz CT molecular complexity index is 1160. The van der Waals surface area contributed by atoms with Crippen LogP contribution < -0.4 is 19.5 Å². The molecular formula is C26H29NO7S. The van der Waals surface area contributed by atoms with Crippen LogP contribution >= 0.6 is 11.8 Å². The van der Waals surface area contributed by atoms with Crippen LogP contribution in [0, 0.1) is 20.8 Å². The number of carbonyl (C=O) groups excluding carboxylic acids is 4. The van der Waals surface area contributed by atoms with Gasteiger partial charge in [-0.05, 0) is 74.4 Å². The molecule has 3 rings (SSSR count). The van der Waals surface area contributed by atoms with Crippen molar-refractivity contribution in [3.8, 4) is 17.2 Å². The topological polar surface area (TPSA) is 108 Å². The summed E-state index contributed by atoms with van der Waals surface area (Å²) >= 11 is 1.01. The van der Waals surface area contributed by atoms with Crippen LogP contribution in [0.15, 0.2) is 24.3 Å². The lowest BCUT2D eigenvalue weighted by Crippen LogP contribution is -2.25. The second-order valence-electron chi connectivity index (χ2n) is 8.38. The van der Waals surface area contributed by atoms with Crippen molar-refractivity contribution >= 4 is 34.8 Å². The number of amides is 2. The number of ether oxygens (including phenoxy) is 3. The van der Waals surface area contributed by atoms with E-state index in [1.807, 2.05) is 45.0 Å². The summed E-state index contributed by atoms with van der Waals surface area (Å²) in [4.78, 5) is 46.4. The molecule has 0 saturated carbocycles. The Morgan fingerprint density at radius 3 is 2.09 bits per heavy atom. The largest absolute Gasteiger partial charge is 0.494 e. The molecule has 0 aromatic heterocycles. The highest BCUT2D eigenvalue weighted by atomic mass is 32.2. The molecule has 35 heavy (non-hydrogen) atoms. The molecule has 2 amide bonds. The maximum Gasteiger partial charge on any atom is 0.308 e. The molecule has 0 radical (unpaired) electrons. The van der Waals surface area contributed by atoms with E-state index in [0.29, 0.717) is 43.1 Å². The van der Waals surface area contributed by atoms with Crippen molar-refractivity contribution in [1.29, 1.82) is 0 Å². The van der Waals surface area contributed by atoms with Gasteiger partial charge in [0.2, 0.25) is 5.91 Å². The highest BCUT2D eigenvalue weighted by Gasteiger charge is 2.31. The van der Waals surface area contributed by atoms with Gasteiger partial charge in [-0.2, -0.15) is 0 Å². The van der Waals surface area contributed by atoms with Crippen LogP contribution in [0.3, 0.4) is 0 Å². The van der Waals surface area contributed by atoms with E-state index in [4.69, 9.17) is 14.2 Å². The van der Waals surface area contributed by atoms with Gasteiger partial charge >= 0.3 is 11.9 Å². The summed E-state index contributed by atoms with van der Waals surface area (Å²) in [5.41, 5.74) is 4.02. The number of hydrogen-bond donors (Lipinski definition) is 1. The minimum atomic E-state index is -0.414. The molecule has 1 unspecified atom stereocenters. The SMILES string of the molecule is CC(=O)Oc1c(C)c(C)c(OC(C)=O)c(CCCOc2ccc(CC3SC(=O)NC3=O)cc2)c1C. The molecule has 9 heteroatoms. The van der Waals surface area contributed by atoms with E-state index in [1.54, 1.807) is 0 Å². The van der Waals surface area contributed by atoms with Crippen molar-refractivity contribution in [2.24, 2.45) is 0 Å². The van der Waals surface area contributed by atoms with E-state index in [0.717, 1.165) is 39.6 Å². The van der Waals surface area contributed by atoms with Gasteiger partial charge in [-0.25, -0.2) is 0 Å². The van der Waals surface area contributed by atoms with Crippen LogP contribution in [0.5, 0.6) is 17.2 Å². The third kappa shape index (κ3) is 6.63. The molecule has 1 heterocycles. The molecular weight excluding hydrogens is 470 g/mol. The van der Waals surface area contributed by atoms with Crippen LogP contribution in [-0.4, -0.2) is 34.9 Å². The standard InChI is InChI=1S/C26H29NO7S/c1-14-15(2)24(34-18(5)29)21(16(3)23(14)33-17(4)28)7-6-12-32-20-10-8-19(9-11-20)13-22-25(30)27-26(31)35-22/h8-11,22H,6-7,12-13H2,1-5H3,(H,27,30,31). The van der Waals surface area contributed by atoms with E-state index >= 15 is 0 Å². The molecule has 2 aromatic carbocycles. The van der Waals surface area contributed by atoms with Crippen molar-refractivity contribution in [3.05, 3.63) is 52.1 Å². The second kappa shape index (κ2) is 11.4. The van der Waals surface area contributed by atoms with Gasteiger partial charge in [0.25, 0.3) is 5.24 Å². The quantitative estimate of drug-likeness (QED) is 0.308. The van der Waals surface area contributed by atoms with E-state index in [1.165, 1.54) is 13.8 Å². The first-order chi connectivity index (χ1) is 16.6. The van der Waals surface area contributed by atoms with Gasteiger partial charge < -0.3 is 14.2 Å². The average molecular weight is 500 g/mol. The molecule has 1 fully saturated rings. The fourth-order valence-corrected chi connectivity index (χ4v) is 4.80. The summed E-state index contributed by atoms with van der Waals surface area (Å²) in [5, 5.41) is 1.58. The minimum absolute atomic E-state index is 0.257. The highest BCUT2D eigenvalue weighted by Crippen LogP contribution is 2.39. The van der Waals surface area contributed by atoms with E-state index in [9.17, 15) is 19.2 Å². The average Bonchev–Trinajstić information content (AvgIpc) is 3.11. The van der Waals surface area contributed by atoms with Crippen LogP contribution in [-0.2, 0) is 27.2 Å². The first kappa shape index (κ1) is 26.3. The molecule has 0 bridgehead atoms. The number of esters is 2. The highest BCUT2D eigenvalue weighted by molar-refractivity contribution is 8.15. The summed E-state index contributed by atoms with van der Waals surface area (Å²) in [6, 6.07) is 7.42. The molecule has 1 N–H and O–H groups in total. The normalized spacial score (nSPS) is 15.1. The van der Waals surface area contributed by atoms with Gasteiger partial charge in [0.15, 0.2) is 0 Å². The first-order valence-corrected chi connectivity index (χ1v) is 12.2. The lowest BCUT2D eigenvalue weighted by atomic mass is 9.94. The predicted octanol–water partition coefficient (Wildman–Crippen LogP) is 4.37. The molecule has 1 aliphatic rings. The van der Waals surface area contributed by atoms with Crippen LogP contribution in [0.25, 0.3) is 0 Å². The summed E-state index contributed by atoms with van der Waals surface area (Å²) in [6.45, 7) is 8.65. The Labute approximate surface area is 208 Å². The number of benzene rings is 2. The van der Waals surface area contributed by atoms with Crippen molar-refractivity contribution in [3.63, 3.8) is 0 Å². The van der Waals surface area contributed by atoms with Crippen molar-refractivity contribution < 1.29 is 33.4 Å². The Hall–Kier alpha value is -3.33. The monoisotopic (exact) mass is 499 g/mol. The molecule has 0 spiro atoms. The number of thioether (sulfide) groups is 1. The number of nitrogens with one attached hydrogen (secondary N) is 1. The van der Waals surface area contributed by atoms with E-state index < -0.39 is 17.2 Å². The Kier molecular flexibility index (Phi) is 8.56. The third-order valence-electron chi connectivity index (χ3n) is 5.75. The van der Waals surface area contributed by atoms with Crippen LogP contribution in [0.4, 0.5) is 4.79 Å². The molecule has 186 valence electrons. The van der Waals surface area contributed by atoms with Gasteiger partial charge in [-0.1, -0.05) is 23.9 Å². The number of carbonyl (C=O) groups is 4. The van der Waals surface area contributed by atoms with Crippen LogP contribution in [0.1, 0.15) is 48.1 Å². The van der Waals surface area contributed by atoms with Gasteiger partial charge in [0, 0.05) is 19.4 Å². The van der Waals surface area contributed by atoms with Crippen molar-refractivity contribution in [2.45, 2.75) is 59.1 Å². The smallest absolute Gasteiger partial charge is 0.308 e. The minimum Gasteiger partial charge on any atom is -0.494 e. The van der Waals surface area contributed by atoms with E-state index in [2.05, 4.69) is 5.32 Å². The maximum absolute atomic E-state index is 11.7. The van der Waals surface area contributed by atoms with Crippen molar-refractivity contribution in [2.75, 3.05) is 6.61 Å². The number of hydrogen-bond acceptors (Lipinski definition) is 8. The van der Waals surface area contributed by atoms with Crippen LogP contribution in [0.2, 0.25) is 0 Å². The predicted molar refractivity (Wildman–Crippen MR) is 132 cm³/mol. The van der Waals surface area contributed by atoms with E-state index in [-0.39, 0.29) is 11.1 Å². The Morgan fingerprint density at radius 2 is 1.51 bits per heavy atom. The zero-order valence-electron chi connectivity index (χ0n) is 20.5. The number of rotatable bonds is 9. The fraction of sp³-hybridized carbons (Fsp3) is 0.385. The van der Waals surface area contributed by atoms with Crippen molar-refractivity contribution in [1.82, 2.24) is 5.32 Å². The lowest BCUT2D eigenvalue weighted by molar-refractivity contribution is -0.133. The van der Waals surface area contributed by atoms with Gasteiger partial charge in [0.05, 0.1) is 11.9 Å². The second-order valence-corrected chi connectivity index (χ2v) is 9.56. The third-order valence-corrected chi connectivity index (χ3v) is 6.74. The maximum atomic E-state index is 11.7. The van der Waals surface area contributed by atoms with Gasteiger partial charge in [-0.3, -0.25) is 24.5 Å². The van der Waals surface area contributed by atoms with Gasteiger partial charge in [0.1, 0.15) is 17.2 Å². The zero-order chi connectivity index (χ0) is 25.7. The molecule has 1 aliphatic heterocycles. The molecule has 2 aromatic rings. The van der Waals surface area contributed by atoms with Gasteiger partial charge in [-0.15, -0.1) is 0 Å².